The maximum absolute atomic E-state index is 12.3. The van der Waals surface area contributed by atoms with Gasteiger partial charge >= 0.3 is 0 Å². The Labute approximate surface area is 152 Å². The van der Waals surface area contributed by atoms with Crippen LogP contribution in [0.3, 0.4) is 0 Å². The Bertz CT molecular complexity index is 1040. The summed E-state index contributed by atoms with van der Waals surface area (Å²) in [6.45, 7) is 0.556. The molecule has 0 radical (unpaired) electrons. The highest BCUT2D eigenvalue weighted by atomic mass is 35.5. The van der Waals surface area contributed by atoms with E-state index in [0.717, 1.165) is 15.8 Å². The van der Waals surface area contributed by atoms with Gasteiger partial charge in [0.05, 0.1) is 23.0 Å². The molecule has 0 unspecified atom stereocenters. The number of halogens is 1. The highest BCUT2D eigenvalue weighted by molar-refractivity contribution is 7.22. The predicted molar refractivity (Wildman–Crippen MR) is 98.1 cm³/mol. The zero-order chi connectivity index (χ0) is 17.2. The smallest absolute Gasteiger partial charge is 0.279 e. The second kappa shape index (κ2) is 6.62. The lowest BCUT2D eigenvalue weighted by Crippen LogP contribution is -2.12. The number of nitrogens with zero attached hydrogens (tertiary/aromatic N) is 4. The molecule has 8 heteroatoms. The number of nitrogens with one attached hydrogen (secondary N) is 1. The summed E-state index contributed by atoms with van der Waals surface area (Å²) in [6.07, 6.45) is 1.62. The monoisotopic (exact) mass is 369 g/mol. The molecular weight excluding hydrogens is 358 g/mol. The summed E-state index contributed by atoms with van der Waals surface area (Å²) >= 11 is 7.33. The standard InChI is InChI=1S/C17H12ClN5OS/c18-12-6-7-13-15(8-12)25-17(19-13)20-16(24)14-10-23(22-21-14)9-11-4-2-1-3-5-11/h1-8,10H,9H2,(H,19,20,24). The van der Waals surface area contributed by atoms with Crippen LogP contribution in [-0.2, 0) is 6.54 Å². The molecule has 0 atom stereocenters. The van der Waals surface area contributed by atoms with Gasteiger partial charge in [0.15, 0.2) is 10.8 Å². The molecule has 0 saturated heterocycles. The predicted octanol–water partition coefficient (Wildman–Crippen LogP) is 3.84. The van der Waals surface area contributed by atoms with Crippen LogP contribution >= 0.6 is 22.9 Å². The zero-order valence-corrected chi connectivity index (χ0v) is 14.5. The van der Waals surface area contributed by atoms with E-state index in [9.17, 15) is 4.79 Å². The van der Waals surface area contributed by atoms with Crippen molar-refractivity contribution in [3.8, 4) is 0 Å². The van der Waals surface area contributed by atoms with Gasteiger partial charge in [-0.3, -0.25) is 10.1 Å². The number of benzene rings is 2. The van der Waals surface area contributed by atoms with Crippen molar-refractivity contribution in [2.75, 3.05) is 5.32 Å². The molecule has 0 spiro atoms. The first-order chi connectivity index (χ1) is 12.2. The van der Waals surface area contributed by atoms with Crippen molar-refractivity contribution in [1.29, 1.82) is 0 Å². The summed E-state index contributed by atoms with van der Waals surface area (Å²) in [5.74, 6) is -0.343. The molecule has 0 aliphatic heterocycles. The van der Waals surface area contributed by atoms with Gasteiger partial charge in [0, 0.05) is 5.02 Å². The van der Waals surface area contributed by atoms with Crippen LogP contribution in [0.25, 0.3) is 10.2 Å². The van der Waals surface area contributed by atoms with Crippen LogP contribution in [0.15, 0.2) is 54.7 Å². The van der Waals surface area contributed by atoms with E-state index in [4.69, 9.17) is 11.6 Å². The SMILES string of the molecule is O=C(Nc1nc2ccc(Cl)cc2s1)c1cn(Cc2ccccc2)nn1. The maximum atomic E-state index is 12.3. The van der Waals surface area contributed by atoms with E-state index in [2.05, 4.69) is 20.6 Å². The van der Waals surface area contributed by atoms with Crippen LogP contribution in [0.5, 0.6) is 0 Å². The van der Waals surface area contributed by atoms with Gasteiger partial charge in [0.25, 0.3) is 5.91 Å². The van der Waals surface area contributed by atoms with Crippen molar-refractivity contribution < 1.29 is 4.79 Å². The van der Waals surface area contributed by atoms with E-state index in [0.29, 0.717) is 16.7 Å². The van der Waals surface area contributed by atoms with Crippen molar-refractivity contribution in [3.63, 3.8) is 0 Å². The molecule has 2 heterocycles. The van der Waals surface area contributed by atoms with Crippen LogP contribution in [-0.4, -0.2) is 25.9 Å². The minimum atomic E-state index is -0.343. The maximum Gasteiger partial charge on any atom is 0.279 e. The normalized spacial score (nSPS) is 10.9. The van der Waals surface area contributed by atoms with E-state index in [1.165, 1.54) is 11.3 Å². The van der Waals surface area contributed by atoms with Crippen molar-refractivity contribution >= 4 is 44.2 Å². The summed E-state index contributed by atoms with van der Waals surface area (Å²) in [5, 5.41) is 11.8. The Morgan fingerprint density at radius 2 is 2.04 bits per heavy atom. The third-order valence-electron chi connectivity index (χ3n) is 3.53. The van der Waals surface area contributed by atoms with Gasteiger partial charge in [-0.25, -0.2) is 9.67 Å². The van der Waals surface area contributed by atoms with Crippen LogP contribution in [0.4, 0.5) is 5.13 Å². The quantitative estimate of drug-likeness (QED) is 0.593. The molecule has 0 fully saturated rings. The average molecular weight is 370 g/mol. The number of fused-ring (bicyclic) bond motifs is 1. The second-order valence-electron chi connectivity index (χ2n) is 5.37. The number of thiazole rings is 1. The Hall–Kier alpha value is -2.77. The number of carbonyl (C=O) groups excluding carboxylic acids is 1. The van der Waals surface area contributed by atoms with Gasteiger partial charge in [0.1, 0.15) is 0 Å². The third-order valence-corrected chi connectivity index (χ3v) is 4.70. The average Bonchev–Trinajstić information content (AvgIpc) is 3.22. The highest BCUT2D eigenvalue weighted by Crippen LogP contribution is 2.28. The number of rotatable bonds is 4. The lowest BCUT2D eigenvalue weighted by Gasteiger charge is -1.99. The van der Waals surface area contributed by atoms with Gasteiger partial charge < -0.3 is 0 Å². The van der Waals surface area contributed by atoms with Crippen molar-refractivity contribution in [2.24, 2.45) is 0 Å². The molecule has 1 N–H and O–H groups in total. The largest absolute Gasteiger partial charge is 0.296 e. The number of anilines is 1. The molecule has 4 aromatic rings. The summed E-state index contributed by atoms with van der Waals surface area (Å²) in [4.78, 5) is 16.7. The van der Waals surface area contributed by atoms with Crippen LogP contribution < -0.4 is 5.32 Å². The molecule has 25 heavy (non-hydrogen) atoms. The number of carbonyl (C=O) groups is 1. The van der Waals surface area contributed by atoms with Gasteiger partial charge in [-0.2, -0.15) is 0 Å². The van der Waals surface area contributed by atoms with Crippen molar-refractivity contribution in [2.45, 2.75) is 6.54 Å². The molecular formula is C17H12ClN5OS. The third kappa shape index (κ3) is 3.52. The molecule has 0 bridgehead atoms. The summed E-state index contributed by atoms with van der Waals surface area (Å²) in [5.41, 5.74) is 2.12. The van der Waals surface area contributed by atoms with Gasteiger partial charge in [-0.05, 0) is 23.8 Å². The number of aromatic nitrogens is 4. The fraction of sp³-hybridized carbons (Fsp3) is 0.0588. The van der Waals surface area contributed by atoms with Crippen molar-refractivity contribution in [1.82, 2.24) is 20.0 Å². The number of hydrogen-bond acceptors (Lipinski definition) is 5. The fourth-order valence-electron chi connectivity index (χ4n) is 2.36. The molecule has 0 saturated carbocycles. The Kier molecular flexibility index (Phi) is 4.17. The molecule has 6 nitrogen and oxygen atoms in total. The molecule has 1 amide bonds. The van der Waals surface area contributed by atoms with E-state index < -0.39 is 0 Å². The minimum absolute atomic E-state index is 0.244. The van der Waals surface area contributed by atoms with E-state index in [1.807, 2.05) is 42.5 Å². The van der Waals surface area contributed by atoms with E-state index in [-0.39, 0.29) is 11.6 Å². The molecule has 0 aliphatic rings. The van der Waals surface area contributed by atoms with E-state index >= 15 is 0 Å². The summed E-state index contributed by atoms with van der Waals surface area (Å²) in [6, 6.07) is 15.3. The van der Waals surface area contributed by atoms with E-state index in [1.54, 1.807) is 16.9 Å². The highest BCUT2D eigenvalue weighted by Gasteiger charge is 2.14. The van der Waals surface area contributed by atoms with Crippen LogP contribution in [0.1, 0.15) is 16.1 Å². The molecule has 2 aromatic carbocycles. The summed E-state index contributed by atoms with van der Waals surface area (Å²) in [7, 11) is 0. The Balaban J connectivity index is 1.49. The zero-order valence-electron chi connectivity index (χ0n) is 12.9. The Morgan fingerprint density at radius 3 is 2.88 bits per heavy atom. The molecule has 0 aliphatic carbocycles. The fourth-order valence-corrected chi connectivity index (χ4v) is 3.50. The molecule has 2 aromatic heterocycles. The van der Waals surface area contributed by atoms with Crippen LogP contribution in [0.2, 0.25) is 5.02 Å². The molecule has 124 valence electrons. The lowest BCUT2D eigenvalue weighted by atomic mass is 10.2. The van der Waals surface area contributed by atoms with Crippen molar-refractivity contribution in [3.05, 3.63) is 71.0 Å². The topological polar surface area (TPSA) is 72.7 Å². The first kappa shape index (κ1) is 15.7. The first-order valence-corrected chi connectivity index (χ1v) is 8.68. The second-order valence-corrected chi connectivity index (χ2v) is 6.84. The first-order valence-electron chi connectivity index (χ1n) is 7.49. The van der Waals surface area contributed by atoms with Crippen LogP contribution in [0, 0.1) is 0 Å². The van der Waals surface area contributed by atoms with Gasteiger partial charge in [-0.15, -0.1) is 5.10 Å². The Morgan fingerprint density at radius 1 is 1.20 bits per heavy atom. The number of hydrogen-bond donors (Lipinski definition) is 1. The number of amides is 1. The minimum Gasteiger partial charge on any atom is -0.296 e. The summed E-state index contributed by atoms with van der Waals surface area (Å²) < 4.78 is 2.54. The lowest BCUT2D eigenvalue weighted by molar-refractivity contribution is 0.102. The van der Waals surface area contributed by atoms with Gasteiger partial charge in [0.2, 0.25) is 0 Å². The molecule has 4 rings (SSSR count). The van der Waals surface area contributed by atoms with Gasteiger partial charge in [-0.1, -0.05) is 58.5 Å².